The molecule has 0 amide bonds. The highest BCUT2D eigenvalue weighted by atomic mass is 16.3. The van der Waals surface area contributed by atoms with Crippen LogP contribution in [0.2, 0.25) is 0 Å². The molecule has 1 aliphatic heterocycles. The van der Waals surface area contributed by atoms with Crippen molar-refractivity contribution >= 4 is 5.96 Å². The summed E-state index contributed by atoms with van der Waals surface area (Å²) in [6.45, 7) is 6.04. The van der Waals surface area contributed by atoms with E-state index in [4.69, 9.17) is 4.42 Å². The third-order valence-electron chi connectivity index (χ3n) is 4.87. The van der Waals surface area contributed by atoms with Gasteiger partial charge < -0.3 is 15.1 Å². The zero-order valence-electron chi connectivity index (χ0n) is 15.7. The molecular weight excluding hydrogens is 326 g/mol. The molecule has 2 heterocycles. The summed E-state index contributed by atoms with van der Waals surface area (Å²) >= 11 is 0. The molecule has 6 nitrogen and oxygen atoms in total. The molecule has 1 aromatic heterocycles. The van der Waals surface area contributed by atoms with Gasteiger partial charge in [0.1, 0.15) is 6.26 Å². The topological polar surface area (TPSA) is 65.7 Å². The first kappa shape index (κ1) is 18.5. The van der Waals surface area contributed by atoms with Crippen LogP contribution >= 0.6 is 0 Å². The van der Waals surface area contributed by atoms with Crippen molar-refractivity contribution in [3.05, 3.63) is 42.3 Å². The molecule has 3 rings (SSSR count). The molecule has 1 saturated heterocycles. The highest BCUT2D eigenvalue weighted by Crippen LogP contribution is 2.18. The highest BCUT2D eigenvalue weighted by Gasteiger charge is 2.17. The predicted molar refractivity (Wildman–Crippen MR) is 105 cm³/mol. The van der Waals surface area contributed by atoms with E-state index >= 15 is 0 Å². The van der Waals surface area contributed by atoms with Crippen LogP contribution in [-0.4, -0.2) is 48.6 Å². The number of aliphatic imine (C=N–C) groups is 1. The van der Waals surface area contributed by atoms with Crippen LogP contribution in [0.3, 0.4) is 0 Å². The first-order chi connectivity index (χ1) is 12.8. The van der Waals surface area contributed by atoms with Crippen molar-refractivity contribution in [3.63, 3.8) is 0 Å². The van der Waals surface area contributed by atoms with Crippen LogP contribution in [0.4, 0.5) is 0 Å². The second-order valence-corrected chi connectivity index (χ2v) is 6.74. The standard InChI is InChI=1S/C20H29N5O/c1-16-8-6-7-12-25(16)13-11-22-20(21-2)23-14-18-15-26-19(24-18)17-9-4-3-5-10-17/h3-5,9-10,15-16H,6-8,11-14H2,1-2H3,(H2,21,22,23). The summed E-state index contributed by atoms with van der Waals surface area (Å²) in [5.41, 5.74) is 1.84. The van der Waals surface area contributed by atoms with Gasteiger partial charge >= 0.3 is 0 Å². The SMILES string of the molecule is CN=C(NCCN1CCCCC1C)NCc1coc(-c2ccccc2)n1. The number of nitrogens with one attached hydrogen (secondary N) is 2. The fourth-order valence-corrected chi connectivity index (χ4v) is 3.30. The Morgan fingerprint density at radius 2 is 2.12 bits per heavy atom. The molecule has 0 saturated carbocycles. The van der Waals surface area contributed by atoms with Crippen molar-refractivity contribution in [2.45, 2.75) is 38.8 Å². The lowest BCUT2D eigenvalue weighted by Crippen LogP contribution is -2.45. The van der Waals surface area contributed by atoms with Gasteiger partial charge in [-0.25, -0.2) is 4.98 Å². The van der Waals surface area contributed by atoms with E-state index < -0.39 is 0 Å². The van der Waals surface area contributed by atoms with Crippen LogP contribution in [0.1, 0.15) is 31.9 Å². The van der Waals surface area contributed by atoms with Gasteiger partial charge in [-0.1, -0.05) is 24.6 Å². The van der Waals surface area contributed by atoms with Crippen molar-refractivity contribution in [2.75, 3.05) is 26.7 Å². The summed E-state index contributed by atoms with van der Waals surface area (Å²) in [7, 11) is 1.79. The maximum absolute atomic E-state index is 5.57. The zero-order chi connectivity index (χ0) is 18.2. The van der Waals surface area contributed by atoms with Gasteiger partial charge in [0.25, 0.3) is 0 Å². The third kappa shape index (κ3) is 5.08. The van der Waals surface area contributed by atoms with Crippen molar-refractivity contribution in [1.29, 1.82) is 0 Å². The van der Waals surface area contributed by atoms with Gasteiger partial charge in [-0.2, -0.15) is 0 Å². The molecule has 140 valence electrons. The largest absolute Gasteiger partial charge is 0.444 e. The molecule has 0 aliphatic carbocycles. The predicted octanol–water partition coefficient (Wildman–Crippen LogP) is 2.88. The summed E-state index contributed by atoms with van der Waals surface area (Å²) in [6.07, 6.45) is 5.67. The molecular formula is C20H29N5O. The first-order valence-corrected chi connectivity index (χ1v) is 9.44. The van der Waals surface area contributed by atoms with E-state index in [1.807, 2.05) is 30.3 Å². The average Bonchev–Trinajstić information content (AvgIpc) is 3.16. The van der Waals surface area contributed by atoms with Gasteiger partial charge in [0.15, 0.2) is 5.96 Å². The number of rotatable bonds is 6. The number of aromatic nitrogens is 1. The van der Waals surface area contributed by atoms with Gasteiger partial charge in [0.2, 0.25) is 5.89 Å². The summed E-state index contributed by atoms with van der Waals surface area (Å²) in [5, 5.41) is 6.68. The molecule has 2 N–H and O–H groups in total. The van der Waals surface area contributed by atoms with Crippen LogP contribution in [0.15, 0.2) is 46.0 Å². The summed E-state index contributed by atoms with van der Waals surface area (Å²) in [4.78, 5) is 11.4. The minimum atomic E-state index is 0.579. The fraction of sp³-hybridized carbons (Fsp3) is 0.500. The molecule has 6 heteroatoms. The van der Waals surface area contributed by atoms with E-state index in [2.05, 4.69) is 32.4 Å². The number of guanidine groups is 1. The number of piperidine rings is 1. The Kier molecular flexibility index (Phi) is 6.66. The van der Waals surface area contributed by atoms with Crippen LogP contribution in [0.25, 0.3) is 11.5 Å². The van der Waals surface area contributed by atoms with Crippen molar-refractivity contribution in [3.8, 4) is 11.5 Å². The minimum Gasteiger partial charge on any atom is -0.444 e. The second kappa shape index (κ2) is 9.38. The van der Waals surface area contributed by atoms with E-state index in [1.54, 1.807) is 13.3 Å². The first-order valence-electron chi connectivity index (χ1n) is 9.44. The maximum Gasteiger partial charge on any atom is 0.226 e. The Morgan fingerprint density at radius 1 is 1.27 bits per heavy atom. The lowest BCUT2D eigenvalue weighted by molar-refractivity contribution is 0.163. The Labute approximate surface area is 155 Å². The maximum atomic E-state index is 5.57. The monoisotopic (exact) mass is 355 g/mol. The van der Waals surface area contributed by atoms with E-state index in [0.717, 1.165) is 30.3 Å². The van der Waals surface area contributed by atoms with Gasteiger partial charge in [-0.05, 0) is 38.4 Å². The Hall–Kier alpha value is -2.34. The van der Waals surface area contributed by atoms with E-state index in [-0.39, 0.29) is 0 Å². The average molecular weight is 355 g/mol. The highest BCUT2D eigenvalue weighted by molar-refractivity contribution is 5.79. The van der Waals surface area contributed by atoms with E-state index in [9.17, 15) is 0 Å². The molecule has 26 heavy (non-hydrogen) atoms. The summed E-state index contributed by atoms with van der Waals surface area (Å²) in [6, 6.07) is 10.6. The molecule has 1 atom stereocenters. The van der Waals surface area contributed by atoms with Crippen molar-refractivity contribution < 1.29 is 4.42 Å². The van der Waals surface area contributed by atoms with E-state index in [1.165, 1.54) is 25.8 Å². The van der Waals surface area contributed by atoms with E-state index in [0.29, 0.717) is 18.5 Å². The zero-order valence-corrected chi connectivity index (χ0v) is 15.7. The van der Waals surface area contributed by atoms with Crippen molar-refractivity contribution in [1.82, 2.24) is 20.5 Å². The molecule has 1 fully saturated rings. The van der Waals surface area contributed by atoms with Crippen LogP contribution in [-0.2, 0) is 6.54 Å². The number of oxazole rings is 1. The molecule has 0 radical (unpaired) electrons. The van der Waals surface area contributed by atoms with Gasteiger partial charge in [-0.3, -0.25) is 9.89 Å². The molecule has 0 spiro atoms. The summed E-state index contributed by atoms with van der Waals surface area (Å²) < 4.78 is 5.57. The normalized spacial score (nSPS) is 18.7. The number of nitrogens with zero attached hydrogens (tertiary/aromatic N) is 3. The third-order valence-corrected chi connectivity index (χ3v) is 4.87. The Bertz CT molecular complexity index is 697. The minimum absolute atomic E-state index is 0.579. The van der Waals surface area contributed by atoms with Crippen LogP contribution < -0.4 is 10.6 Å². The number of benzene rings is 1. The number of likely N-dealkylation sites (tertiary alicyclic amines) is 1. The quantitative estimate of drug-likeness (QED) is 0.616. The summed E-state index contributed by atoms with van der Waals surface area (Å²) in [5.74, 6) is 1.43. The van der Waals surface area contributed by atoms with Crippen molar-refractivity contribution in [2.24, 2.45) is 4.99 Å². The number of hydrogen-bond acceptors (Lipinski definition) is 4. The Morgan fingerprint density at radius 3 is 2.88 bits per heavy atom. The molecule has 1 aromatic carbocycles. The van der Waals surface area contributed by atoms with Gasteiger partial charge in [0, 0.05) is 31.7 Å². The molecule has 1 aliphatic rings. The Balaban J connectivity index is 1.43. The molecule has 1 unspecified atom stereocenters. The smallest absolute Gasteiger partial charge is 0.226 e. The van der Waals surface area contributed by atoms with Crippen LogP contribution in [0.5, 0.6) is 0 Å². The lowest BCUT2D eigenvalue weighted by Gasteiger charge is -2.33. The van der Waals surface area contributed by atoms with Crippen LogP contribution in [0, 0.1) is 0 Å². The fourth-order valence-electron chi connectivity index (χ4n) is 3.30. The lowest BCUT2D eigenvalue weighted by atomic mass is 10.0. The van der Waals surface area contributed by atoms with Gasteiger partial charge in [-0.15, -0.1) is 0 Å². The molecule has 2 aromatic rings. The molecule has 0 bridgehead atoms. The van der Waals surface area contributed by atoms with Gasteiger partial charge in [0.05, 0.1) is 12.2 Å². The second-order valence-electron chi connectivity index (χ2n) is 6.74. The number of hydrogen-bond donors (Lipinski definition) is 2.